The van der Waals surface area contributed by atoms with E-state index in [1.807, 2.05) is 0 Å². The summed E-state index contributed by atoms with van der Waals surface area (Å²) in [5.41, 5.74) is 0. The molecule has 1 N–H and O–H groups in total. The Morgan fingerprint density at radius 1 is 1.73 bits per heavy atom. The van der Waals surface area contributed by atoms with Crippen LogP contribution in [0, 0.1) is 0 Å². The van der Waals surface area contributed by atoms with Gasteiger partial charge >= 0.3 is 6.16 Å². The maximum atomic E-state index is 9.97. The summed E-state index contributed by atoms with van der Waals surface area (Å²) in [4.78, 5) is 13.6. The minimum absolute atomic E-state index is 0.0231. The highest BCUT2D eigenvalue weighted by Crippen LogP contribution is 2.13. The number of carboxylic acid groups (broad SMARTS) is 1. The number of carbonyl (C=O) groups is 1. The quantitative estimate of drug-likeness (QED) is 0.658. The Kier molecular flexibility index (Phi) is 2.28. The van der Waals surface area contributed by atoms with Gasteiger partial charge in [0.1, 0.15) is 0 Å². The molecule has 0 spiro atoms. The van der Waals surface area contributed by atoms with Gasteiger partial charge in [0.05, 0.1) is 0 Å². The summed E-state index contributed by atoms with van der Waals surface area (Å²) >= 11 is 5.52. The summed E-state index contributed by atoms with van der Waals surface area (Å²) in [6, 6.07) is 2.84. The first-order valence-corrected chi connectivity index (χ1v) is 3.08. The van der Waals surface area contributed by atoms with Crippen molar-refractivity contribution in [3.63, 3.8) is 0 Å². The average Bonchev–Trinajstić information content (AvgIpc) is 1.85. The molecule has 4 nitrogen and oxygen atoms in total. The smallest absolute Gasteiger partial charge is 0.449 e. The van der Waals surface area contributed by atoms with Crippen molar-refractivity contribution in [1.29, 1.82) is 0 Å². The van der Waals surface area contributed by atoms with Crippen molar-refractivity contribution < 1.29 is 14.6 Å². The highest BCUT2D eigenvalue weighted by atomic mass is 35.5. The zero-order valence-electron chi connectivity index (χ0n) is 5.32. The third-order valence-electron chi connectivity index (χ3n) is 0.889. The standard InChI is InChI=1S/C6H4ClNO3/c7-4-1-2-8-5(3-4)11-6(9)10/h1-3H,(H,9,10). The van der Waals surface area contributed by atoms with Crippen LogP contribution in [-0.4, -0.2) is 16.2 Å². The van der Waals surface area contributed by atoms with E-state index in [0.717, 1.165) is 0 Å². The number of ether oxygens (including phenoxy) is 1. The Morgan fingerprint density at radius 3 is 3.00 bits per heavy atom. The van der Waals surface area contributed by atoms with Gasteiger partial charge in [-0.25, -0.2) is 9.78 Å². The highest BCUT2D eigenvalue weighted by Gasteiger charge is 2.00. The van der Waals surface area contributed by atoms with Gasteiger partial charge in [0.15, 0.2) is 0 Å². The van der Waals surface area contributed by atoms with Gasteiger partial charge in [-0.2, -0.15) is 0 Å². The fourth-order valence-corrected chi connectivity index (χ4v) is 0.680. The van der Waals surface area contributed by atoms with Crippen LogP contribution in [0.5, 0.6) is 5.88 Å². The summed E-state index contributed by atoms with van der Waals surface area (Å²) < 4.78 is 4.22. The van der Waals surface area contributed by atoms with Crippen LogP contribution in [0.3, 0.4) is 0 Å². The second-order valence-corrected chi connectivity index (χ2v) is 2.12. The average molecular weight is 174 g/mol. The lowest BCUT2D eigenvalue weighted by Crippen LogP contribution is -2.03. The number of nitrogens with zero attached hydrogens (tertiary/aromatic N) is 1. The van der Waals surface area contributed by atoms with Crippen LogP contribution in [0.2, 0.25) is 5.02 Å². The molecule has 1 rings (SSSR count). The first kappa shape index (κ1) is 7.81. The van der Waals surface area contributed by atoms with Crippen molar-refractivity contribution >= 4 is 17.8 Å². The van der Waals surface area contributed by atoms with Crippen LogP contribution in [0.4, 0.5) is 4.79 Å². The Morgan fingerprint density at radius 2 is 2.45 bits per heavy atom. The van der Waals surface area contributed by atoms with E-state index in [0.29, 0.717) is 5.02 Å². The number of pyridine rings is 1. The van der Waals surface area contributed by atoms with E-state index in [4.69, 9.17) is 16.7 Å². The van der Waals surface area contributed by atoms with E-state index in [-0.39, 0.29) is 5.88 Å². The first-order valence-electron chi connectivity index (χ1n) is 2.71. The second-order valence-electron chi connectivity index (χ2n) is 1.68. The molecule has 1 heterocycles. The normalized spacial score (nSPS) is 9.18. The molecule has 0 bridgehead atoms. The van der Waals surface area contributed by atoms with Crippen molar-refractivity contribution in [2.45, 2.75) is 0 Å². The van der Waals surface area contributed by atoms with E-state index >= 15 is 0 Å². The Balaban J connectivity index is 2.79. The minimum Gasteiger partial charge on any atom is -0.449 e. The van der Waals surface area contributed by atoms with Gasteiger partial charge in [0, 0.05) is 17.3 Å². The van der Waals surface area contributed by atoms with Gasteiger partial charge in [-0.1, -0.05) is 11.6 Å². The number of aromatic nitrogens is 1. The minimum atomic E-state index is -1.40. The van der Waals surface area contributed by atoms with Gasteiger partial charge in [0.25, 0.3) is 0 Å². The lowest BCUT2D eigenvalue weighted by atomic mass is 10.5. The van der Waals surface area contributed by atoms with Crippen molar-refractivity contribution in [2.75, 3.05) is 0 Å². The van der Waals surface area contributed by atoms with Gasteiger partial charge in [-0.15, -0.1) is 0 Å². The molecule has 0 atom stereocenters. The molecular weight excluding hydrogens is 170 g/mol. The molecule has 0 unspecified atom stereocenters. The predicted molar refractivity (Wildman–Crippen MR) is 37.9 cm³/mol. The van der Waals surface area contributed by atoms with Crippen molar-refractivity contribution in [3.05, 3.63) is 23.4 Å². The molecule has 58 valence electrons. The molecule has 5 heteroatoms. The maximum Gasteiger partial charge on any atom is 0.512 e. The zero-order chi connectivity index (χ0) is 8.27. The van der Waals surface area contributed by atoms with E-state index in [1.165, 1.54) is 18.3 Å². The van der Waals surface area contributed by atoms with E-state index in [9.17, 15) is 4.79 Å². The largest absolute Gasteiger partial charge is 0.512 e. The van der Waals surface area contributed by atoms with Gasteiger partial charge in [-0.05, 0) is 6.07 Å². The molecule has 11 heavy (non-hydrogen) atoms. The molecule has 0 aliphatic rings. The fraction of sp³-hybridized carbons (Fsp3) is 0. The summed E-state index contributed by atoms with van der Waals surface area (Å²) in [6.45, 7) is 0. The van der Waals surface area contributed by atoms with E-state index in [1.54, 1.807) is 0 Å². The van der Waals surface area contributed by atoms with Crippen LogP contribution in [0.25, 0.3) is 0 Å². The van der Waals surface area contributed by atoms with Crippen LogP contribution in [-0.2, 0) is 0 Å². The van der Waals surface area contributed by atoms with Crippen LogP contribution in [0.1, 0.15) is 0 Å². The lowest BCUT2D eigenvalue weighted by molar-refractivity contribution is 0.142. The molecule has 0 fully saturated rings. The third kappa shape index (κ3) is 2.43. The molecule has 0 saturated carbocycles. The molecule has 0 aliphatic heterocycles. The maximum absolute atomic E-state index is 9.97. The number of rotatable bonds is 1. The van der Waals surface area contributed by atoms with Crippen LogP contribution >= 0.6 is 11.6 Å². The summed E-state index contributed by atoms with van der Waals surface area (Å²) in [5, 5.41) is 8.54. The second kappa shape index (κ2) is 3.21. The topological polar surface area (TPSA) is 59.4 Å². The fourth-order valence-electron chi connectivity index (χ4n) is 0.531. The van der Waals surface area contributed by atoms with E-state index < -0.39 is 6.16 Å². The zero-order valence-corrected chi connectivity index (χ0v) is 6.08. The summed E-state index contributed by atoms with van der Waals surface area (Å²) in [7, 11) is 0. The van der Waals surface area contributed by atoms with Crippen molar-refractivity contribution in [2.24, 2.45) is 0 Å². The Bertz CT molecular complexity index is 276. The summed E-state index contributed by atoms with van der Waals surface area (Å²) in [6.07, 6.45) is -0.0413. The molecule has 0 saturated heterocycles. The third-order valence-corrected chi connectivity index (χ3v) is 1.12. The molecule has 0 amide bonds. The van der Waals surface area contributed by atoms with Gasteiger partial charge in [-0.3, -0.25) is 0 Å². The number of hydrogen-bond donors (Lipinski definition) is 1. The monoisotopic (exact) mass is 173 g/mol. The van der Waals surface area contributed by atoms with Crippen molar-refractivity contribution in [3.8, 4) is 5.88 Å². The Hall–Kier alpha value is -1.29. The first-order chi connectivity index (χ1) is 5.18. The highest BCUT2D eigenvalue weighted by molar-refractivity contribution is 6.30. The van der Waals surface area contributed by atoms with E-state index in [2.05, 4.69) is 9.72 Å². The van der Waals surface area contributed by atoms with Gasteiger partial charge < -0.3 is 9.84 Å². The molecule has 0 radical (unpaired) electrons. The number of halogens is 1. The molecular formula is C6H4ClNO3. The SMILES string of the molecule is O=C(O)Oc1cc(Cl)ccn1. The summed E-state index contributed by atoms with van der Waals surface area (Å²) in [5.74, 6) is -0.0231. The molecule has 1 aromatic rings. The molecule has 0 aromatic carbocycles. The van der Waals surface area contributed by atoms with Crippen LogP contribution in [0.15, 0.2) is 18.3 Å². The molecule has 0 aliphatic carbocycles. The van der Waals surface area contributed by atoms with Crippen molar-refractivity contribution in [1.82, 2.24) is 4.98 Å². The predicted octanol–water partition coefficient (Wildman–Crippen LogP) is 1.79. The van der Waals surface area contributed by atoms with Crippen LogP contribution < -0.4 is 4.74 Å². The number of hydrogen-bond acceptors (Lipinski definition) is 3. The van der Waals surface area contributed by atoms with Gasteiger partial charge in [0.2, 0.25) is 5.88 Å². The lowest BCUT2D eigenvalue weighted by Gasteiger charge is -1.96. The Labute approximate surface area is 67.4 Å². The molecule has 1 aromatic heterocycles.